The Labute approximate surface area is 138 Å². The van der Waals surface area contributed by atoms with Crippen molar-refractivity contribution in [2.45, 2.75) is 33.7 Å². The molecule has 0 aliphatic rings. The van der Waals surface area contributed by atoms with E-state index in [0.717, 1.165) is 29.7 Å². The zero-order chi connectivity index (χ0) is 17.0. The van der Waals surface area contributed by atoms with Gasteiger partial charge in [-0.2, -0.15) is 13.0 Å². The lowest BCUT2D eigenvalue weighted by molar-refractivity contribution is -0.677. The van der Waals surface area contributed by atoms with Crippen LogP contribution in [0.15, 0.2) is 30.3 Å². The summed E-state index contributed by atoms with van der Waals surface area (Å²) in [5.74, 6) is -0.215. The molecule has 0 saturated carbocycles. The molecule has 0 aliphatic heterocycles. The minimum absolute atomic E-state index is 0.215. The minimum Gasteiger partial charge on any atom is -0.372 e. The van der Waals surface area contributed by atoms with Crippen LogP contribution in [0.3, 0.4) is 0 Å². The summed E-state index contributed by atoms with van der Waals surface area (Å²) in [6.07, 6.45) is 0.390. The van der Waals surface area contributed by atoms with E-state index in [1.165, 1.54) is 5.69 Å². The van der Waals surface area contributed by atoms with E-state index in [1.807, 2.05) is 13.0 Å². The van der Waals surface area contributed by atoms with Crippen LogP contribution in [0, 0.1) is 6.92 Å². The Balaban J connectivity index is 2.35. The van der Waals surface area contributed by atoms with Crippen molar-refractivity contribution in [3.63, 3.8) is 0 Å². The summed E-state index contributed by atoms with van der Waals surface area (Å²) in [5.41, 5.74) is 3.34. The van der Waals surface area contributed by atoms with E-state index in [0.29, 0.717) is 13.0 Å². The number of benzene rings is 1. The molecule has 0 radical (unpaired) electrons. The van der Waals surface area contributed by atoms with Gasteiger partial charge in [0.05, 0.1) is 5.75 Å². The van der Waals surface area contributed by atoms with Gasteiger partial charge in [-0.05, 0) is 32.0 Å². The summed E-state index contributed by atoms with van der Waals surface area (Å²) in [5, 5.41) is 1.13. The van der Waals surface area contributed by atoms with Crippen molar-refractivity contribution in [3.8, 4) is 0 Å². The topological polar surface area (TPSA) is 61.5 Å². The van der Waals surface area contributed by atoms with Gasteiger partial charge in [-0.1, -0.05) is 0 Å². The van der Waals surface area contributed by atoms with Crippen molar-refractivity contribution < 1.29 is 17.5 Å². The Morgan fingerprint density at radius 3 is 2.43 bits per heavy atom. The second-order valence-corrected chi connectivity index (χ2v) is 7.25. The Morgan fingerprint density at radius 2 is 1.83 bits per heavy atom. The molecule has 0 fully saturated rings. The summed E-state index contributed by atoms with van der Waals surface area (Å²) in [6.45, 7) is 8.76. The average molecular weight is 337 g/mol. The first kappa shape index (κ1) is 17.7. The number of hydrogen-bond acceptors (Lipinski definition) is 3. The van der Waals surface area contributed by atoms with Gasteiger partial charge in [0.2, 0.25) is 5.52 Å². The fourth-order valence-corrected chi connectivity index (χ4v) is 3.39. The van der Waals surface area contributed by atoms with Gasteiger partial charge < -0.3 is 4.90 Å². The molecular formula is C17H25N2O3S+. The number of aromatic nitrogens is 1. The third-order valence-corrected chi connectivity index (χ3v) is 4.95. The summed E-state index contributed by atoms with van der Waals surface area (Å²) >= 11 is 0. The number of fused-ring (bicyclic) bond motifs is 1. The van der Waals surface area contributed by atoms with E-state index in [-0.39, 0.29) is 5.75 Å². The third-order valence-electron chi connectivity index (χ3n) is 4.14. The van der Waals surface area contributed by atoms with Crippen molar-refractivity contribution in [1.29, 1.82) is 0 Å². The van der Waals surface area contributed by atoms with E-state index in [2.05, 4.69) is 47.6 Å². The second-order valence-electron chi connectivity index (χ2n) is 5.68. The normalized spacial score (nSPS) is 11.8. The van der Waals surface area contributed by atoms with E-state index >= 15 is 0 Å². The predicted molar refractivity (Wildman–Crippen MR) is 93.5 cm³/mol. The predicted octanol–water partition coefficient (Wildman–Crippen LogP) is 2.56. The van der Waals surface area contributed by atoms with Crippen LogP contribution in [-0.4, -0.2) is 31.8 Å². The van der Waals surface area contributed by atoms with Crippen LogP contribution in [0.5, 0.6) is 0 Å². The molecule has 0 saturated heterocycles. The molecule has 0 unspecified atom stereocenters. The van der Waals surface area contributed by atoms with E-state index in [9.17, 15) is 8.42 Å². The molecule has 2 aromatic rings. The first-order valence-corrected chi connectivity index (χ1v) is 9.60. The summed E-state index contributed by atoms with van der Waals surface area (Å²) in [6, 6.07) is 10.5. The van der Waals surface area contributed by atoms with Gasteiger partial charge in [-0.25, -0.2) is 0 Å². The molecule has 1 aromatic carbocycles. The lowest BCUT2D eigenvalue weighted by Gasteiger charge is -2.21. The number of pyridine rings is 1. The Morgan fingerprint density at radius 1 is 1.13 bits per heavy atom. The monoisotopic (exact) mass is 337 g/mol. The summed E-state index contributed by atoms with van der Waals surface area (Å²) in [4.78, 5) is 2.29. The molecule has 23 heavy (non-hydrogen) atoms. The smallest absolute Gasteiger partial charge is 0.265 e. The van der Waals surface area contributed by atoms with Crippen LogP contribution in [0.2, 0.25) is 0 Å². The minimum atomic E-state index is -3.91. The number of nitrogens with zero attached hydrogens (tertiary/aromatic N) is 2. The van der Waals surface area contributed by atoms with Crippen molar-refractivity contribution >= 4 is 26.7 Å². The molecule has 0 atom stereocenters. The first-order chi connectivity index (χ1) is 10.9. The lowest BCUT2D eigenvalue weighted by Crippen LogP contribution is -2.38. The SMILES string of the molecule is CCN(CC)c1ccc2c(ccc(C)[n+]2CCCS(=O)(=O)O)c1. The van der Waals surface area contributed by atoms with Gasteiger partial charge in [0.25, 0.3) is 10.1 Å². The summed E-state index contributed by atoms with van der Waals surface area (Å²) < 4.78 is 32.8. The van der Waals surface area contributed by atoms with Crippen molar-refractivity contribution in [1.82, 2.24) is 0 Å². The van der Waals surface area contributed by atoms with Crippen molar-refractivity contribution in [2.75, 3.05) is 23.7 Å². The molecule has 0 spiro atoms. The fourth-order valence-electron chi connectivity index (χ4n) is 2.90. The van der Waals surface area contributed by atoms with Crippen molar-refractivity contribution in [2.24, 2.45) is 0 Å². The lowest BCUT2D eigenvalue weighted by atomic mass is 10.1. The molecule has 2 rings (SSSR count). The van der Waals surface area contributed by atoms with Gasteiger partial charge in [0, 0.05) is 49.6 Å². The molecule has 126 valence electrons. The zero-order valence-corrected chi connectivity index (χ0v) is 14.8. The maximum atomic E-state index is 10.9. The van der Waals surface area contributed by atoms with Gasteiger partial charge >= 0.3 is 0 Å². The fraction of sp³-hybridized carbons (Fsp3) is 0.471. The molecule has 0 amide bonds. The maximum absolute atomic E-state index is 10.9. The van der Waals surface area contributed by atoms with Crippen LogP contribution in [-0.2, 0) is 16.7 Å². The Kier molecular flexibility index (Phi) is 5.59. The highest BCUT2D eigenvalue weighted by atomic mass is 32.2. The van der Waals surface area contributed by atoms with Crippen LogP contribution in [0.25, 0.3) is 10.9 Å². The standard InChI is InChI=1S/C17H24N2O3S/c1-4-18(5-2)16-9-10-17-15(13-16)8-7-14(3)19(17)11-6-12-23(20,21)22/h7-10,13H,4-6,11-12H2,1-3H3/p+1. The number of aryl methyl sites for hydroxylation is 2. The molecule has 6 heteroatoms. The highest BCUT2D eigenvalue weighted by Gasteiger charge is 2.15. The third kappa shape index (κ3) is 4.42. The van der Waals surface area contributed by atoms with Crippen molar-refractivity contribution in [3.05, 3.63) is 36.0 Å². The maximum Gasteiger partial charge on any atom is 0.265 e. The average Bonchev–Trinajstić information content (AvgIpc) is 2.49. The second kappa shape index (κ2) is 7.27. The van der Waals surface area contributed by atoms with Crippen LogP contribution >= 0.6 is 0 Å². The van der Waals surface area contributed by atoms with Crippen LogP contribution in [0.4, 0.5) is 5.69 Å². The number of rotatable bonds is 7. The highest BCUT2D eigenvalue weighted by molar-refractivity contribution is 7.85. The molecule has 1 aromatic heterocycles. The quantitative estimate of drug-likeness (QED) is 0.623. The largest absolute Gasteiger partial charge is 0.372 e. The van der Waals surface area contributed by atoms with E-state index in [1.54, 1.807) is 0 Å². The Hall–Kier alpha value is -1.66. The zero-order valence-electron chi connectivity index (χ0n) is 14.0. The molecule has 0 aliphatic carbocycles. The molecular weight excluding hydrogens is 312 g/mol. The molecule has 1 heterocycles. The van der Waals surface area contributed by atoms with Gasteiger partial charge in [0.1, 0.15) is 6.54 Å². The van der Waals surface area contributed by atoms with Gasteiger partial charge in [-0.3, -0.25) is 4.55 Å². The van der Waals surface area contributed by atoms with Crippen LogP contribution in [0.1, 0.15) is 26.0 Å². The number of anilines is 1. The first-order valence-electron chi connectivity index (χ1n) is 7.99. The van der Waals surface area contributed by atoms with Crippen LogP contribution < -0.4 is 9.47 Å². The van der Waals surface area contributed by atoms with Gasteiger partial charge in [0.15, 0.2) is 5.69 Å². The van der Waals surface area contributed by atoms with E-state index in [4.69, 9.17) is 4.55 Å². The van der Waals surface area contributed by atoms with E-state index < -0.39 is 10.1 Å². The Bertz CT molecular complexity index is 784. The molecule has 5 nitrogen and oxygen atoms in total. The number of hydrogen-bond donors (Lipinski definition) is 1. The highest BCUT2D eigenvalue weighted by Crippen LogP contribution is 2.20. The molecule has 0 bridgehead atoms. The summed E-state index contributed by atoms with van der Waals surface area (Å²) in [7, 11) is -3.91. The van der Waals surface area contributed by atoms with Gasteiger partial charge in [-0.15, -0.1) is 0 Å². The molecule has 1 N–H and O–H groups in total.